The number of hydrogen-bond acceptors (Lipinski definition) is 3. The highest BCUT2D eigenvalue weighted by Crippen LogP contribution is 2.14. The van der Waals surface area contributed by atoms with Gasteiger partial charge in [-0.05, 0) is 37.6 Å². The van der Waals surface area contributed by atoms with Gasteiger partial charge in [-0.3, -0.25) is 0 Å². The van der Waals surface area contributed by atoms with Crippen molar-refractivity contribution < 1.29 is 0 Å². The molecule has 0 aliphatic carbocycles. The first-order valence-electron chi connectivity index (χ1n) is 6.01. The first kappa shape index (κ1) is 13.0. The van der Waals surface area contributed by atoms with E-state index in [1.807, 2.05) is 13.2 Å². The number of nitrogens with zero attached hydrogens (tertiary/aromatic N) is 2. The van der Waals surface area contributed by atoms with Gasteiger partial charge in [0.25, 0.3) is 0 Å². The fraction of sp³-hybridized carbons (Fsp3) is 0.615. The highest BCUT2D eigenvalue weighted by atomic mass is 15.2. The monoisotopic (exact) mass is 221 g/mol. The number of anilines is 1. The van der Waals surface area contributed by atoms with Gasteiger partial charge in [-0.25, -0.2) is 4.98 Å². The Labute approximate surface area is 98.9 Å². The summed E-state index contributed by atoms with van der Waals surface area (Å²) in [7, 11) is 1.96. The Morgan fingerprint density at radius 2 is 2.19 bits per heavy atom. The molecule has 1 aromatic rings. The summed E-state index contributed by atoms with van der Waals surface area (Å²) in [4.78, 5) is 6.77. The van der Waals surface area contributed by atoms with Crippen LogP contribution in [0.4, 0.5) is 5.82 Å². The summed E-state index contributed by atoms with van der Waals surface area (Å²) in [6.07, 6.45) is 1.89. The molecule has 3 nitrogen and oxygen atoms in total. The van der Waals surface area contributed by atoms with Crippen LogP contribution in [0.25, 0.3) is 0 Å². The zero-order chi connectivity index (χ0) is 12.0. The van der Waals surface area contributed by atoms with Crippen LogP contribution in [0, 0.1) is 5.92 Å². The maximum Gasteiger partial charge on any atom is 0.128 e. The van der Waals surface area contributed by atoms with Gasteiger partial charge in [-0.2, -0.15) is 0 Å². The fourth-order valence-corrected chi connectivity index (χ4v) is 1.77. The van der Waals surface area contributed by atoms with Crippen molar-refractivity contribution in [2.45, 2.75) is 27.3 Å². The standard InChI is InChI=1S/C13H23N3/c1-5-16(10-11(2)3)13-8-12(9-14-4)6-7-15-13/h6-8,11,14H,5,9-10H2,1-4H3. The molecular weight excluding hydrogens is 198 g/mol. The molecule has 1 heterocycles. The Morgan fingerprint density at radius 1 is 1.44 bits per heavy atom. The smallest absolute Gasteiger partial charge is 0.128 e. The van der Waals surface area contributed by atoms with E-state index < -0.39 is 0 Å². The largest absolute Gasteiger partial charge is 0.357 e. The molecule has 90 valence electrons. The Bertz CT molecular complexity index is 310. The third kappa shape index (κ3) is 3.81. The van der Waals surface area contributed by atoms with Gasteiger partial charge in [-0.1, -0.05) is 13.8 Å². The third-order valence-corrected chi connectivity index (χ3v) is 2.48. The molecule has 0 aliphatic rings. The number of hydrogen-bond donors (Lipinski definition) is 1. The second kappa shape index (κ2) is 6.48. The topological polar surface area (TPSA) is 28.2 Å². The van der Waals surface area contributed by atoms with Crippen LogP contribution in [0.15, 0.2) is 18.3 Å². The third-order valence-electron chi connectivity index (χ3n) is 2.48. The molecule has 0 amide bonds. The normalized spacial score (nSPS) is 10.8. The van der Waals surface area contributed by atoms with Crippen molar-refractivity contribution in [3.05, 3.63) is 23.9 Å². The molecule has 0 atom stereocenters. The number of nitrogens with one attached hydrogen (secondary N) is 1. The van der Waals surface area contributed by atoms with Crippen LogP contribution in [0.1, 0.15) is 26.3 Å². The molecule has 0 unspecified atom stereocenters. The van der Waals surface area contributed by atoms with Gasteiger partial charge in [0.15, 0.2) is 0 Å². The van der Waals surface area contributed by atoms with Gasteiger partial charge < -0.3 is 10.2 Å². The predicted octanol–water partition coefficient (Wildman–Crippen LogP) is 2.28. The van der Waals surface area contributed by atoms with Gasteiger partial charge in [0.1, 0.15) is 5.82 Å². The number of aromatic nitrogens is 1. The summed E-state index contributed by atoms with van der Waals surface area (Å²) < 4.78 is 0. The second-order valence-corrected chi connectivity index (χ2v) is 4.49. The summed E-state index contributed by atoms with van der Waals surface area (Å²) in [6.45, 7) is 9.62. The highest BCUT2D eigenvalue weighted by Gasteiger charge is 2.07. The van der Waals surface area contributed by atoms with E-state index in [2.05, 4.69) is 48.1 Å². The van der Waals surface area contributed by atoms with E-state index in [1.54, 1.807) is 0 Å². The van der Waals surface area contributed by atoms with Gasteiger partial charge in [0.05, 0.1) is 0 Å². The Kier molecular flexibility index (Phi) is 5.26. The van der Waals surface area contributed by atoms with Crippen molar-refractivity contribution >= 4 is 5.82 Å². The summed E-state index contributed by atoms with van der Waals surface area (Å²) >= 11 is 0. The van der Waals surface area contributed by atoms with Crippen LogP contribution in [-0.4, -0.2) is 25.1 Å². The number of rotatable bonds is 6. The van der Waals surface area contributed by atoms with Gasteiger partial charge >= 0.3 is 0 Å². The molecule has 0 aliphatic heterocycles. The quantitative estimate of drug-likeness (QED) is 0.799. The summed E-state index contributed by atoms with van der Waals surface area (Å²) in [5, 5.41) is 3.16. The van der Waals surface area contributed by atoms with Crippen molar-refractivity contribution in [3.63, 3.8) is 0 Å². The van der Waals surface area contributed by atoms with Crippen LogP contribution in [0.3, 0.4) is 0 Å². The van der Waals surface area contributed by atoms with Crippen LogP contribution in [0.5, 0.6) is 0 Å². The second-order valence-electron chi connectivity index (χ2n) is 4.49. The molecule has 0 fully saturated rings. The molecule has 0 spiro atoms. The molecule has 16 heavy (non-hydrogen) atoms. The Hall–Kier alpha value is -1.09. The lowest BCUT2D eigenvalue weighted by Gasteiger charge is -2.24. The lowest BCUT2D eigenvalue weighted by atomic mass is 10.2. The van der Waals surface area contributed by atoms with Crippen molar-refractivity contribution in [1.82, 2.24) is 10.3 Å². The maximum absolute atomic E-state index is 4.44. The van der Waals surface area contributed by atoms with E-state index in [0.717, 1.165) is 25.5 Å². The zero-order valence-electron chi connectivity index (χ0n) is 10.8. The molecule has 0 saturated heterocycles. The fourth-order valence-electron chi connectivity index (χ4n) is 1.77. The molecule has 0 saturated carbocycles. The van der Waals surface area contributed by atoms with Crippen molar-refractivity contribution in [2.24, 2.45) is 5.92 Å². The maximum atomic E-state index is 4.44. The van der Waals surface area contributed by atoms with E-state index in [9.17, 15) is 0 Å². The van der Waals surface area contributed by atoms with Gasteiger partial charge in [0, 0.05) is 25.8 Å². The Morgan fingerprint density at radius 3 is 2.75 bits per heavy atom. The molecule has 1 rings (SSSR count). The SMILES string of the molecule is CCN(CC(C)C)c1cc(CNC)ccn1. The minimum atomic E-state index is 0.662. The molecule has 1 aromatic heterocycles. The first-order valence-corrected chi connectivity index (χ1v) is 6.01. The Balaban J connectivity index is 2.79. The van der Waals surface area contributed by atoms with Crippen LogP contribution in [0.2, 0.25) is 0 Å². The first-order chi connectivity index (χ1) is 7.67. The van der Waals surface area contributed by atoms with E-state index >= 15 is 0 Å². The average Bonchev–Trinajstić information content (AvgIpc) is 2.26. The molecule has 3 heteroatoms. The van der Waals surface area contributed by atoms with E-state index in [0.29, 0.717) is 5.92 Å². The molecule has 0 radical (unpaired) electrons. The van der Waals surface area contributed by atoms with Crippen LogP contribution >= 0.6 is 0 Å². The summed E-state index contributed by atoms with van der Waals surface area (Å²) in [5.41, 5.74) is 1.29. The van der Waals surface area contributed by atoms with Gasteiger partial charge in [0.2, 0.25) is 0 Å². The van der Waals surface area contributed by atoms with Crippen molar-refractivity contribution in [1.29, 1.82) is 0 Å². The molecular formula is C13H23N3. The predicted molar refractivity (Wildman–Crippen MR) is 69.7 cm³/mol. The van der Waals surface area contributed by atoms with Crippen LogP contribution in [-0.2, 0) is 6.54 Å². The summed E-state index contributed by atoms with van der Waals surface area (Å²) in [5.74, 6) is 1.75. The summed E-state index contributed by atoms with van der Waals surface area (Å²) in [6, 6.07) is 4.23. The minimum Gasteiger partial charge on any atom is -0.357 e. The number of pyridine rings is 1. The molecule has 0 aromatic carbocycles. The lowest BCUT2D eigenvalue weighted by Crippen LogP contribution is -2.28. The molecule has 0 bridgehead atoms. The highest BCUT2D eigenvalue weighted by molar-refractivity contribution is 5.40. The van der Waals surface area contributed by atoms with E-state index in [1.165, 1.54) is 5.56 Å². The van der Waals surface area contributed by atoms with Crippen molar-refractivity contribution in [3.8, 4) is 0 Å². The van der Waals surface area contributed by atoms with Crippen LogP contribution < -0.4 is 10.2 Å². The minimum absolute atomic E-state index is 0.662. The average molecular weight is 221 g/mol. The lowest BCUT2D eigenvalue weighted by molar-refractivity contribution is 0.614. The van der Waals surface area contributed by atoms with Gasteiger partial charge in [-0.15, -0.1) is 0 Å². The van der Waals surface area contributed by atoms with Crippen molar-refractivity contribution in [2.75, 3.05) is 25.0 Å². The molecule has 1 N–H and O–H groups in total. The van der Waals surface area contributed by atoms with E-state index in [-0.39, 0.29) is 0 Å². The van der Waals surface area contributed by atoms with E-state index in [4.69, 9.17) is 0 Å². The zero-order valence-corrected chi connectivity index (χ0v) is 10.8.